The van der Waals surface area contributed by atoms with Crippen LogP contribution >= 0.6 is 0 Å². The van der Waals surface area contributed by atoms with E-state index >= 15 is 0 Å². The predicted octanol–water partition coefficient (Wildman–Crippen LogP) is 3.85. The Balaban J connectivity index is 2.07. The number of likely N-dealkylation sites (N-methyl/N-ethyl adjacent to an activating group) is 2. The van der Waals surface area contributed by atoms with Crippen molar-refractivity contribution in [2.45, 2.75) is 51.6 Å². The van der Waals surface area contributed by atoms with Crippen LogP contribution in [0, 0.1) is 5.92 Å². The molecule has 2 rings (SSSR count). The van der Waals surface area contributed by atoms with Gasteiger partial charge in [0, 0.05) is 18.6 Å². The van der Waals surface area contributed by atoms with Crippen LogP contribution in [0.4, 0.5) is 0 Å². The topological polar surface area (TPSA) is 15.3 Å². The van der Waals surface area contributed by atoms with Crippen LogP contribution in [0.15, 0.2) is 30.3 Å². The Labute approximate surface area is 124 Å². The minimum absolute atomic E-state index is 0.441. The third kappa shape index (κ3) is 3.83. The molecule has 1 aliphatic rings. The van der Waals surface area contributed by atoms with E-state index in [0.29, 0.717) is 12.1 Å². The number of nitrogens with zero attached hydrogens (tertiary/aromatic N) is 1. The SMILES string of the molecule is CCNC(c1ccccc1)C(CC)N(C)CC1CCC1. The van der Waals surface area contributed by atoms with Gasteiger partial charge in [-0.15, -0.1) is 0 Å². The lowest BCUT2D eigenvalue weighted by molar-refractivity contribution is 0.132. The summed E-state index contributed by atoms with van der Waals surface area (Å²) in [5, 5.41) is 3.70. The Morgan fingerprint density at radius 2 is 1.90 bits per heavy atom. The number of nitrogens with one attached hydrogen (secondary N) is 1. The lowest BCUT2D eigenvalue weighted by atomic mass is 9.84. The van der Waals surface area contributed by atoms with Crippen molar-refractivity contribution in [3.8, 4) is 0 Å². The number of hydrogen-bond donors (Lipinski definition) is 1. The fourth-order valence-corrected chi connectivity index (χ4v) is 3.38. The Hall–Kier alpha value is -0.860. The molecular weight excluding hydrogens is 244 g/mol. The maximum Gasteiger partial charge on any atom is 0.0477 e. The highest BCUT2D eigenvalue weighted by atomic mass is 15.2. The monoisotopic (exact) mass is 274 g/mol. The van der Waals surface area contributed by atoms with Crippen molar-refractivity contribution in [3.63, 3.8) is 0 Å². The van der Waals surface area contributed by atoms with E-state index < -0.39 is 0 Å². The highest BCUT2D eigenvalue weighted by Gasteiger charge is 2.27. The molecule has 0 aromatic heterocycles. The third-order valence-corrected chi connectivity index (χ3v) is 4.72. The van der Waals surface area contributed by atoms with Crippen LogP contribution in [0.3, 0.4) is 0 Å². The number of benzene rings is 1. The van der Waals surface area contributed by atoms with Crippen LogP contribution in [0.2, 0.25) is 0 Å². The second-order valence-electron chi connectivity index (χ2n) is 6.16. The third-order valence-electron chi connectivity index (χ3n) is 4.72. The summed E-state index contributed by atoms with van der Waals surface area (Å²) in [5.41, 5.74) is 1.42. The van der Waals surface area contributed by atoms with E-state index in [1.807, 2.05) is 0 Å². The van der Waals surface area contributed by atoms with E-state index in [9.17, 15) is 0 Å². The van der Waals surface area contributed by atoms with Gasteiger partial charge in [0.25, 0.3) is 0 Å². The van der Waals surface area contributed by atoms with E-state index in [-0.39, 0.29) is 0 Å². The average molecular weight is 274 g/mol. The van der Waals surface area contributed by atoms with Gasteiger partial charge in [-0.1, -0.05) is 50.6 Å². The lowest BCUT2D eigenvalue weighted by Crippen LogP contribution is -2.45. The summed E-state index contributed by atoms with van der Waals surface area (Å²) >= 11 is 0. The van der Waals surface area contributed by atoms with Gasteiger partial charge in [-0.25, -0.2) is 0 Å². The Morgan fingerprint density at radius 3 is 2.40 bits per heavy atom. The molecule has 0 heterocycles. The quantitative estimate of drug-likeness (QED) is 0.774. The maximum atomic E-state index is 3.70. The summed E-state index contributed by atoms with van der Waals surface area (Å²) in [4.78, 5) is 2.59. The minimum Gasteiger partial charge on any atom is -0.309 e. The zero-order valence-corrected chi connectivity index (χ0v) is 13.3. The van der Waals surface area contributed by atoms with Crippen LogP contribution in [0.1, 0.15) is 51.1 Å². The molecule has 2 nitrogen and oxygen atoms in total. The molecule has 0 amide bonds. The molecular formula is C18H30N2. The first-order chi connectivity index (χ1) is 9.76. The summed E-state index contributed by atoms with van der Waals surface area (Å²) in [6.45, 7) is 6.80. The molecule has 0 spiro atoms. The Bertz CT molecular complexity index is 372. The molecule has 0 aliphatic heterocycles. The Morgan fingerprint density at radius 1 is 1.20 bits per heavy atom. The van der Waals surface area contributed by atoms with Gasteiger partial charge in [-0.2, -0.15) is 0 Å². The molecule has 1 aromatic carbocycles. The molecule has 1 aromatic rings. The first kappa shape index (κ1) is 15.5. The summed E-state index contributed by atoms with van der Waals surface area (Å²) in [6.07, 6.45) is 5.48. The standard InChI is InChI=1S/C18H30N2/c1-4-17(20(3)14-15-10-9-11-15)18(19-5-2)16-12-7-6-8-13-16/h6-8,12-13,15,17-19H,4-5,9-11,14H2,1-3H3. The fourth-order valence-electron chi connectivity index (χ4n) is 3.38. The zero-order valence-electron chi connectivity index (χ0n) is 13.3. The number of rotatable bonds is 8. The molecule has 0 bridgehead atoms. The second kappa shape index (κ2) is 7.80. The molecule has 1 saturated carbocycles. The molecule has 2 unspecified atom stereocenters. The molecule has 1 N–H and O–H groups in total. The van der Waals surface area contributed by atoms with Crippen LogP contribution < -0.4 is 5.32 Å². The zero-order chi connectivity index (χ0) is 14.4. The van der Waals surface area contributed by atoms with E-state index in [0.717, 1.165) is 12.5 Å². The van der Waals surface area contributed by atoms with Crippen molar-refractivity contribution in [2.75, 3.05) is 20.1 Å². The first-order valence-electron chi connectivity index (χ1n) is 8.24. The average Bonchev–Trinajstić information content (AvgIpc) is 2.44. The van der Waals surface area contributed by atoms with Crippen LogP contribution in [0.5, 0.6) is 0 Å². The molecule has 1 fully saturated rings. The van der Waals surface area contributed by atoms with Gasteiger partial charge >= 0.3 is 0 Å². The fraction of sp³-hybridized carbons (Fsp3) is 0.667. The molecule has 2 atom stereocenters. The maximum absolute atomic E-state index is 3.70. The predicted molar refractivity (Wildman–Crippen MR) is 86.9 cm³/mol. The van der Waals surface area contributed by atoms with Crippen LogP contribution in [-0.4, -0.2) is 31.1 Å². The van der Waals surface area contributed by atoms with Crippen molar-refractivity contribution in [1.82, 2.24) is 10.2 Å². The normalized spacial score (nSPS) is 18.8. The minimum atomic E-state index is 0.441. The van der Waals surface area contributed by atoms with E-state index in [4.69, 9.17) is 0 Å². The van der Waals surface area contributed by atoms with Gasteiger partial charge in [-0.3, -0.25) is 0 Å². The molecule has 1 aliphatic carbocycles. The van der Waals surface area contributed by atoms with Gasteiger partial charge in [0.05, 0.1) is 0 Å². The molecule has 0 radical (unpaired) electrons. The van der Waals surface area contributed by atoms with Gasteiger partial charge in [0.15, 0.2) is 0 Å². The Kier molecular flexibility index (Phi) is 6.06. The second-order valence-corrected chi connectivity index (χ2v) is 6.16. The summed E-state index contributed by atoms with van der Waals surface area (Å²) in [5.74, 6) is 0.937. The highest BCUT2D eigenvalue weighted by Crippen LogP contribution is 2.30. The number of hydrogen-bond acceptors (Lipinski definition) is 2. The van der Waals surface area contributed by atoms with Gasteiger partial charge in [-0.05, 0) is 44.3 Å². The van der Waals surface area contributed by atoms with Gasteiger partial charge < -0.3 is 10.2 Å². The van der Waals surface area contributed by atoms with Crippen molar-refractivity contribution in [3.05, 3.63) is 35.9 Å². The summed E-state index contributed by atoms with van der Waals surface area (Å²) < 4.78 is 0. The smallest absolute Gasteiger partial charge is 0.0477 e. The van der Waals surface area contributed by atoms with Gasteiger partial charge in [0.1, 0.15) is 0 Å². The molecule has 20 heavy (non-hydrogen) atoms. The highest BCUT2D eigenvalue weighted by molar-refractivity contribution is 5.20. The van der Waals surface area contributed by atoms with Crippen molar-refractivity contribution in [1.29, 1.82) is 0 Å². The molecule has 2 heteroatoms. The summed E-state index contributed by atoms with van der Waals surface area (Å²) in [6, 6.07) is 11.9. The summed E-state index contributed by atoms with van der Waals surface area (Å²) in [7, 11) is 2.31. The first-order valence-corrected chi connectivity index (χ1v) is 8.24. The van der Waals surface area contributed by atoms with E-state index in [1.54, 1.807) is 0 Å². The lowest BCUT2D eigenvalue weighted by Gasteiger charge is -2.38. The van der Waals surface area contributed by atoms with Crippen LogP contribution in [-0.2, 0) is 0 Å². The van der Waals surface area contributed by atoms with Crippen molar-refractivity contribution < 1.29 is 0 Å². The largest absolute Gasteiger partial charge is 0.309 e. The molecule has 0 saturated heterocycles. The molecule has 112 valence electrons. The van der Waals surface area contributed by atoms with Crippen LogP contribution in [0.25, 0.3) is 0 Å². The van der Waals surface area contributed by atoms with Crippen molar-refractivity contribution >= 4 is 0 Å². The van der Waals surface area contributed by atoms with E-state index in [2.05, 4.69) is 61.4 Å². The van der Waals surface area contributed by atoms with E-state index in [1.165, 1.54) is 37.8 Å². The van der Waals surface area contributed by atoms with Gasteiger partial charge in [0.2, 0.25) is 0 Å². The van der Waals surface area contributed by atoms with Crippen molar-refractivity contribution in [2.24, 2.45) is 5.92 Å².